The summed E-state index contributed by atoms with van der Waals surface area (Å²) in [5.41, 5.74) is 0.702. The molecule has 2 heterocycles. The lowest BCUT2D eigenvalue weighted by Gasteiger charge is -2.32. The summed E-state index contributed by atoms with van der Waals surface area (Å²) in [6.07, 6.45) is 0.585. The van der Waals surface area contributed by atoms with Crippen molar-refractivity contribution in [2.45, 2.75) is 13.0 Å². The number of anilines is 1. The summed E-state index contributed by atoms with van der Waals surface area (Å²) < 4.78 is 15.5. The first-order chi connectivity index (χ1) is 10.9. The maximum absolute atomic E-state index is 13.3. The van der Waals surface area contributed by atoms with Crippen molar-refractivity contribution in [3.63, 3.8) is 0 Å². The molecule has 0 N–H and O–H groups in total. The predicted octanol–water partition coefficient (Wildman–Crippen LogP) is 0.657. The number of hydrogen-bond donors (Lipinski definition) is 0. The van der Waals surface area contributed by atoms with E-state index >= 15 is 0 Å². The van der Waals surface area contributed by atoms with Gasteiger partial charge in [-0.1, -0.05) is 6.07 Å². The van der Waals surface area contributed by atoms with Crippen LogP contribution in [-0.2, 0) is 27.1 Å². The minimum atomic E-state index is -0.601. The van der Waals surface area contributed by atoms with Crippen molar-refractivity contribution in [3.05, 3.63) is 61.5 Å². The van der Waals surface area contributed by atoms with Gasteiger partial charge in [-0.25, -0.2) is 9.18 Å². The molecule has 118 valence electrons. The largest absolute Gasteiger partial charge is 0.352 e. The molecule has 0 unspecified atom stereocenters. The van der Waals surface area contributed by atoms with Crippen LogP contribution in [0.1, 0.15) is 16.7 Å². The molecular formula is C16H15FN4O2. The van der Waals surface area contributed by atoms with Gasteiger partial charge >= 0.3 is 5.69 Å². The topological polar surface area (TPSA) is 71.0 Å². The molecule has 0 bridgehead atoms. The van der Waals surface area contributed by atoms with Crippen LogP contribution in [0.2, 0.25) is 0 Å². The summed E-state index contributed by atoms with van der Waals surface area (Å²) in [5, 5.41) is 9.35. The second-order valence-electron chi connectivity index (χ2n) is 5.60. The number of rotatable bonds is 1. The zero-order valence-corrected chi connectivity index (χ0v) is 12.8. The Labute approximate surface area is 131 Å². The summed E-state index contributed by atoms with van der Waals surface area (Å²) in [6, 6.07) is 6.49. The molecule has 1 aliphatic rings. The molecule has 0 radical (unpaired) electrons. The van der Waals surface area contributed by atoms with Crippen molar-refractivity contribution in [2.75, 3.05) is 11.4 Å². The third-order valence-electron chi connectivity index (χ3n) is 4.23. The lowest BCUT2D eigenvalue weighted by molar-refractivity contribution is 0.612. The Balaban J connectivity index is 2.14. The fourth-order valence-corrected chi connectivity index (χ4v) is 3.00. The molecule has 1 aliphatic heterocycles. The van der Waals surface area contributed by atoms with Gasteiger partial charge in [0.1, 0.15) is 17.7 Å². The molecule has 6 nitrogen and oxygen atoms in total. The molecule has 1 aromatic heterocycles. The third kappa shape index (κ3) is 2.32. The Bertz CT molecular complexity index is 952. The highest BCUT2D eigenvalue weighted by Crippen LogP contribution is 2.25. The molecule has 23 heavy (non-hydrogen) atoms. The van der Waals surface area contributed by atoms with Gasteiger partial charge in [0.15, 0.2) is 5.56 Å². The number of halogens is 1. The first-order valence-electron chi connectivity index (χ1n) is 7.16. The van der Waals surface area contributed by atoms with E-state index in [0.29, 0.717) is 25.3 Å². The summed E-state index contributed by atoms with van der Waals surface area (Å²) >= 11 is 0. The van der Waals surface area contributed by atoms with Crippen LogP contribution in [0.4, 0.5) is 10.2 Å². The summed E-state index contributed by atoms with van der Waals surface area (Å²) in [7, 11) is 2.89. The Morgan fingerprint density at radius 3 is 2.61 bits per heavy atom. The van der Waals surface area contributed by atoms with E-state index in [1.54, 1.807) is 6.07 Å². The SMILES string of the molecule is Cn1c(N2CCc3cc(F)ccc3C2)c(C#N)c(=O)n(C)c1=O. The van der Waals surface area contributed by atoms with Crippen molar-refractivity contribution < 1.29 is 4.39 Å². The Morgan fingerprint density at radius 1 is 1.17 bits per heavy atom. The van der Waals surface area contributed by atoms with E-state index in [2.05, 4.69) is 0 Å². The second kappa shape index (κ2) is 5.39. The molecular weight excluding hydrogens is 299 g/mol. The average molecular weight is 314 g/mol. The summed E-state index contributed by atoms with van der Waals surface area (Å²) in [4.78, 5) is 26.1. The number of nitrogens with zero attached hydrogens (tertiary/aromatic N) is 4. The van der Waals surface area contributed by atoms with Gasteiger partial charge in [-0.2, -0.15) is 5.26 Å². The van der Waals surface area contributed by atoms with Crippen LogP contribution in [0.15, 0.2) is 27.8 Å². The summed E-state index contributed by atoms with van der Waals surface area (Å²) in [5.74, 6) is 0.0338. The maximum atomic E-state index is 13.3. The first-order valence-corrected chi connectivity index (χ1v) is 7.16. The lowest BCUT2D eigenvalue weighted by Crippen LogP contribution is -2.43. The van der Waals surface area contributed by atoms with Crippen LogP contribution in [-0.4, -0.2) is 15.7 Å². The molecule has 7 heteroatoms. The quantitative estimate of drug-likeness (QED) is 0.775. The fraction of sp³-hybridized carbons (Fsp3) is 0.312. The molecule has 0 fully saturated rings. The number of nitriles is 1. The van der Waals surface area contributed by atoms with Crippen molar-refractivity contribution in [1.29, 1.82) is 5.26 Å². The molecule has 0 spiro atoms. The van der Waals surface area contributed by atoms with Crippen LogP contribution in [0.3, 0.4) is 0 Å². The first kappa shape index (κ1) is 15.0. The van der Waals surface area contributed by atoms with Crippen LogP contribution in [0, 0.1) is 17.1 Å². The highest BCUT2D eigenvalue weighted by Gasteiger charge is 2.24. The van der Waals surface area contributed by atoms with Gasteiger partial charge in [0.25, 0.3) is 5.56 Å². The number of fused-ring (bicyclic) bond motifs is 1. The zero-order valence-electron chi connectivity index (χ0n) is 12.8. The smallest absolute Gasteiger partial charge is 0.332 e. The number of aromatic nitrogens is 2. The molecule has 0 atom stereocenters. The Morgan fingerprint density at radius 2 is 1.91 bits per heavy atom. The van der Waals surface area contributed by atoms with E-state index in [1.807, 2.05) is 11.0 Å². The van der Waals surface area contributed by atoms with Gasteiger partial charge in [-0.15, -0.1) is 0 Å². The molecule has 2 aromatic rings. The normalized spacial score (nSPS) is 13.6. The number of benzene rings is 1. The minimum absolute atomic E-state index is 0.0554. The molecule has 0 aliphatic carbocycles. The lowest BCUT2D eigenvalue weighted by atomic mass is 9.99. The predicted molar refractivity (Wildman–Crippen MR) is 82.8 cm³/mol. The Hall–Kier alpha value is -2.88. The molecule has 1 aromatic carbocycles. The average Bonchev–Trinajstić information content (AvgIpc) is 2.55. The van der Waals surface area contributed by atoms with E-state index in [4.69, 9.17) is 0 Å². The van der Waals surface area contributed by atoms with E-state index in [-0.39, 0.29) is 11.4 Å². The van der Waals surface area contributed by atoms with E-state index in [1.165, 1.54) is 30.8 Å². The highest BCUT2D eigenvalue weighted by atomic mass is 19.1. The maximum Gasteiger partial charge on any atom is 0.332 e. The second-order valence-corrected chi connectivity index (χ2v) is 5.60. The number of hydrogen-bond acceptors (Lipinski definition) is 4. The van der Waals surface area contributed by atoms with Gasteiger partial charge in [0, 0.05) is 27.2 Å². The zero-order chi connectivity index (χ0) is 16.7. The van der Waals surface area contributed by atoms with E-state index in [0.717, 1.165) is 15.7 Å². The van der Waals surface area contributed by atoms with Crippen molar-refractivity contribution >= 4 is 5.82 Å². The third-order valence-corrected chi connectivity index (χ3v) is 4.23. The molecule has 3 rings (SSSR count). The van der Waals surface area contributed by atoms with E-state index < -0.39 is 11.2 Å². The molecule has 0 amide bonds. The molecule has 0 saturated heterocycles. The summed E-state index contributed by atoms with van der Waals surface area (Å²) in [6.45, 7) is 0.927. The highest BCUT2D eigenvalue weighted by molar-refractivity contribution is 5.55. The fourth-order valence-electron chi connectivity index (χ4n) is 3.00. The van der Waals surface area contributed by atoms with Crippen LogP contribution in [0.25, 0.3) is 0 Å². The Kier molecular flexibility index (Phi) is 3.52. The van der Waals surface area contributed by atoms with E-state index in [9.17, 15) is 19.2 Å². The van der Waals surface area contributed by atoms with Crippen LogP contribution >= 0.6 is 0 Å². The van der Waals surface area contributed by atoms with Crippen molar-refractivity contribution in [1.82, 2.24) is 9.13 Å². The standard InChI is InChI=1S/C16H15FN4O2/c1-19-14(13(8-18)15(22)20(2)16(19)23)21-6-5-10-7-12(17)4-3-11(10)9-21/h3-4,7H,5-6,9H2,1-2H3. The van der Waals surface area contributed by atoms with Crippen LogP contribution in [0.5, 0.6) is 0 Å². The van der Waals surface area contributed by atoms with Gasteiger partial charge in [0.05, 0.1) is 0 Å². The monoisotopic (exact) mass is 314 g/mol. The van der Waals surface area contributed by atoms with Crippen molar-refractivity contribution in [3.8, 4) is 6.07 Å². The molecule has 0 saturated carbocycles. The van der Waals surface area contributed by atoms with Gasteiger partial charge in [-0.05, 0) is 29.7 Å². The van der Waals surface area contributed by atoms with Gasteiger partial charge in [0.2, 0.25) is 0 Å². The van der Waals surface area contributed by atoms with Gasteiger partial charge < -0.3 is 4.90 Å². The van der Waals surface area contributed by atoms with Crippen LogP contribution < -0.4 is 16.1 Å². The van der Waals surface area contributed by atoms with Crippen molar-refractivity contribution in [2.24, 2.45) is 14.1 Å². The van der Waals surface area contributed by atoms with Gasteiger partial charge in [-0.3, -0.25) is 13.9 Å². The minimum Gasteiger partial charge on any atom is -0.352 e.